The molecule has 78 valence electrons. The van der Waals surface area contributed by atoms with Gasteiger partial charge in [-0.25, -0.2) is 4.98 Å². The second-order valence-corrected chi connectivity index (χ2v) is 3.11. The van der Waals surface area contributed by atoms with Gasteiger partial charge in [0.25, 0.3) is 5.56 Å². The molecule has 0 amide bonds. The van der Waals surface area contributed by atoms with Crippen LogP contribution in [-0.4, -0.2) is 30.1 Å². The summed E-state index contributed by atoms with van der Waals surface area (Å²) in [4.78, 5) is 20.0. The summed E-state index contributed by atoms with van der Waals surface area (Å²) in [6, 6.07) is 1.48. The molecule has 0 aliphatic rings. The molecule has 0 aliphatic heterocycles. The average Bonchev–Trinajstić information content (AvgIpc) is 2.17. The van der Waals surface area contributed by atoms with E-state index in [-0.39, 0.29) is 5.56 Å². The number of aromatic amines is 1. The maximum Gasteiger partial charge on any atom is 0.252 e. The summed E-state index contributed by atoms with van der Waals surface area (Å²) in [6.07, 6.45) is 0.722. The molecule has 0 bridgehead atoms. The number of H-pyrrole nitrogens is 1. The highest BCUT2D eigenvalue weighted by Crippen LogP contribution is 2.04. The fourth-order valence-corrected chi connectivity index (χ4v) is 1.17. The van der Waals surface area contributed by atoms with Gasteiger partial charge in [-0.2, -0.15) is 0 Å². The Morgan fingerprint density at radius 2 is 2.36 bits per heavy atom. The predicted molar refractivity (Wildman–Crippen MR) is 56.6 cm³/mol. The number of nitrogens with zero attached hydrogens (tertiary/aromatic N) is 2. The third-order valence-electron chi connectivity index (χ3n) is 1.97. The number of aromatic nitrogens is 2. The number of anilines is 1. The van der Waals surface area contributed by atoms with Gasteiger partial charge in [-0.3, -0.25) is 4.79 Å². The number of rotatable bonds is 4. The van der Waals surface area contributed by atoms with Crippen LogP contribution in [0.2, 0.25) is 0 Å². The first-order chi connectivity index (χ1) is 6.67. The molecule has 1 heterocycles. The minimum atomic E-state index is -0.115. The van der Waals surface area contributed by atoms with Crippen molar-refractivity contribution in [2.75, 3.05) is 25.0 Å². The van der Waals surface area contributed by atoms with Crippen molar-refractivity contribution in [1.82, 2.24) is 9.97 Å². The molecule has 5 nitrogen and oxygen atoms in total. The van der Waals surface area contributed by atoms with Crippen molar-refractivity contribution in [3.05, 3.63) is 22.2 Å². The van der Waals surface area contributed by atoms with Gasteiger partial charge in [0.05, 0.1) is 0 Å². The van der Waals surface area contributed by atoms with Crippen LogP contribution >= 0.6 is 0 Å². The first-order valence-corrected chi connectivity index (χ1v) is 4.68. The molecule has 1 rings (SSSR count). The molecule has 0 spiro atoms. The highest BCUT2D eigenvalue weighted by atomic mass is 16.1. The van der Waals surface area contributed by atoms with Crippen molar-refractivity contribution in [3.63, 3.8) is 0 Å². The zero-order chi connectivity index (χ0) is 10.6. The van der Waals surface area contributed by atoms with Crippen molar-refractivity contribution in [1.29, 1.82) is 0 Å². The summed E-state index contributed by atoms with van der Waals surface area (Å²) in [7, 11) is 1.87. The van der Waals surface area contributed by atoms with Crippen molar-refractivity contribution < 1.29 is 0 Å². The zero-order valence-corrected chi connectivity index (χ0v) is 8.58. The highest BCUT2D eigenvalue weighted by Gasteiger charge is 2.03. The molecule has 0 saturated heterocycles. The van der Waals surface area contributed by atoms with Crippen LogP contribution in [0.25, 0.3) is 0 Å². The molecule has 0 radical (unpaired) electrons. The molecule has 5 heteroatoms. The maximum atomic E-state index is 11.2. The number of nitrogens with two attached hydrogens (primary N) is 1. The maximum absolute atomic E-state index is 11.2. The first-order valence-electron chi connectivity index (χ1n) is 4.68. The van der Waals surface area contributed by atoms with Gasteiger partial charge in [-0.1, -0.05) is 6.92 Å². The van der Waals surface area contributed by atoms with E-state index < -0.39 is 0 Å². The monoisotopic (exact) mass is 196 g/mol. The summed E-state index contributed by atoms with van der Waals surface area (Å²) >= 11 is 0. The van der Waals surface area contributed by atoms with Crippen molar-refractivity contribution in [2.45, 2.75) is 13.3 Å². The summed E-state index contributed by atoms with van der Waals surface area (Å²) in [5, 5.41) is 0. The Balaban J connectivity index is 2.96. The van der Waals surface area contributed by atoms with E-state index >= 15 is 0 Å². The Morgan fingerprint density at radius 1 is 1.64 bits per heavy atom. The third kappa shape index (κ3) is 2.56. The van der Waals surface area contributed by atoms with E-state index in [4.69, 9.17) is 5.73 Å². The Bertz CT molecular complexity index is 347. The quantitative estimate of drug-likeness (QED) is 0.695. The van der Waals surface area contributed by atoms with Gasteiger partial charge in [0.15, 0.2) is 0 Å². The number of aryl methyl sites for hydroxylation is 1. The minimum Gasteiger partial charge on any atom is -0.358 e. The number of nitrogens with one attached hydrogen (secondary N) is 1. The topological polar surface area (TPSA) is 75.0 Å². The van der Waals surface area contributed by atoms with Crippen molar-refractivity contribution in [2.24, 2.45) is 5.73 Å². The lowest BCUT2D eigenvalue weighted by Gasteiger charge is -2.16. The molecule has 0 aromatic carbocycles. The molecular weight excluding hydrogens is 180 g/mol. The lowest BCUT2D eigenvalue weighted by atomic mass is 10.4. The van der Waals surface area contributed by atoms with Crippen LogP contribution in [0.4, 0.5) is 5.82 Å². The minimum absolute atomic E-state index is 0.115. The molecule has 14 heavy (non-hydrogen) atoms. The molecule has 0 fully saturated rings. The number of hydrogen-bond donors (Lipinski definition) is 2. The molecule has 1 aromatic rings. The summed E-state index contributed by atoms with van der Waals surface area (Å²) < 4.78 is 0. The average molecular weight is 196 g/mol. The summed E-state index contributed by atoms with van der Waals surface area (Å²) in [6.45, 7) is 3.19. The molecular formula is C9H16N4O. The molecule has 0 atom stereocenters. The molecule has 1 aromatic heterocycles. The fourth-order valence-electron chi connectivity index (χ4n) is 1.17. The Labute approximate surface area is 83.0 Å². The standard InChI is InChI=1S/C9H16N4O/c1-3-7-11-8(6-9(14)12-7)13(2)5-4-10/h6H,3-5,10H2,1-2H3,(H,11,12,14). The molecule has 0 unspecified atom stereocenters. The molecule has 0 saturated carbocycles. The van der Waals surface area contributed by atoms with E-state index in [1.807, 2.05) is 18.9 Å². The van der Waals surface area contributed by atoms with Crippen LogP contribution in [0.3, 0.4) is 0 Å². The number of hydrogen-bond acceptors (Lipinski definition) is 4. The summed E-state index contributed by atoms with van der Waals surface area (Å²) in [5.74, 6) is 1.38. The third-order valence-corrected chi connectivity index (χ3v) is 1.97. The fraction of sp³-hybridized carbons (Fsp3) is 0.556. The Morgan fingerprint density at radius 3 is 2.93 bits per heavy atom. The van der Waals surface area contributed by atoms with Crippen molar-refractivity contribution >= 4 is 5.82 Å². The van der Waals surface area contributed by atoms with Crippen LogP contribution in [-0.2, 0) is 6.42 Å². The highest BCUT2D eigenvalue weighted by molar-refractivity contribution is 5.36. The summed E-state index contributed by atoms with van der Waals surface area (Å²) in [5.41, 5.74) is 5.30. The van der Waals surface area contributed by atoms with E-state index in [0.29, 0.717) is 24.7 Å². The Kier molecular flexibility index (Phi) is 3.64. The predicted octanol–water partition coefficient (Wildman–Crippen LogP) is -0.273. The first kappa shape index (κ1) is 10.7. The van der Waals surface area contributed by atoms with Crippen LogP contribution in [0.5, 0.6) is 0 Å². The van der Waals surface area contributed by atoms with Gasteiger partial charge < -0.3 is 15.6 Å². The van der Waals surface area contributed by atoms with Crippen LogP contribution < -0.4 is 16.2 Å². The van der Waals surface area contributed by atoms with Gasteiger partial charge >= 0.3 is 0 Å². The van der Waals surface area contributed by atoms with Gasteiger partial charge in [0.2, 0.25) is 0 Å². The zero-order valence-electron chi connectivity index (χ0n) is 8.58. The lowest BCUT2D eigenvalue weighted by Crippen LogP contribution is -2.27. The van der Waals surface area contributed by atoms with Crippen molar-refractivity contribution in [3.8, 4) is 0 Å². The van der Waals surface area contributed by atoms with E-state index in [2.05, 4.69) is 9.97 Å². The SMILES string of the molecule is CCc1nc(N(C)CCN)cc(=O)[nH]1. The largest absolute Gasteiger partial charge is 0.358 e. The van der Waals surface area contributed by atoms with Gasteiger partial charge in [0, 0.05) is 32.6 Å². The van der Waals surface area contributed by atoms with Crippen LogP contribution in [0, 0.1) is 0 Å². The van der Waals surface area contributed by atoms with Crippen LogP contribution in [0.15, 0.2) is 10.9 Å². The Hall–Kier alpha value is -1.36. The lowest BCUT2D eigenvalue weighted by molar-refractivity contribution is 0.837. The normalized spacial score (nSPS) is 10.2. The molecule has 0 aliphatic carbocycles. The molecule has 3 N–H and O–H groups in total. The van der Waals surface area contributed by atoms with Gasteiger partial charge in [-0.05, 0) is 0 Å². The smallest absolute Gasteiger partial charge is 0.252 e. The van der Waals surface area contributed by atoms with Crippen LogP contribution in [0.1, 0.15) is 12.7 Å². The number of likely N-dealkylation sites (N-methyl/N-ethyl adjacent to an activating group) is 1. The van der Waals surface area contributed by atoms with Gasteiger partial charge in [0.1, 0.15) is 11.6 Å². The van der Waals surface area contributed by atoms with E-state index in [9.17, 15) is 4.79 Å². The van der Waals surface area contributed by atoms with Gasteiger partial charge in [-0.15, -0.1) is 0 Å². The van der Waals surface area contributed by atoms with E-state index in [1.54, 1.807) is 0 Å². The second-order valence-electron chi connectivity index (χ2n) is 3.11. The van der Waals surface area contributed by atoms with E-state index in [0.717, 1.165) is 6.42 Å². The van der Waals surface area contributed by atoms with E-state index in [1.165, 1.54) is 6.07 Å². The second kappa shape index (κ2) is 4.76.